The minimum Gasteiger partial charge on any atom is -0.366 e. The molecule has 0 aromatic carbocycles. The summed E-state index contributed by atoms with van der Waals surface area (Å²) < 4.78 is 19.1. The van der Waals surface area contributed by atoms with E-state index in [-0.39, 0.29) is 23.6 Å². The average molecular weight is 362 g/mol. The van der Waals surface area contributed by atoms with E-state index in [1.807, 2.05) is 18.7 Å². The van der Waals surface area contributed by atoms with Crippen molar-refractivity contribution in [3.63, 3.8) is 0 Å². The van der Waals surface area contributed by atoms with E-state index in [1.165, 1.54) is 6.20 Å². The Kier molecular flexibility index (Phi) is 5.22. The number of amides is 1. The molecule has 1 aliphatic rings. The van der Waals surface area contributed by atoms with Crippen molar-refractivity contribution >= 4 is 5.91 Å². The molecule has 1 fully saturated rings. The zero-order valence-electron chi connectivity index (χ0n) is 15.1. The van der Waals surface area contributed by atoms with Crippen molar-refractivity contribution in [2.75, 3.05) is 13.1 Å². The molecule has 3 rings (SSSR count). The van der Waals surface area contributed by atoms with Gasteiger partial charge in [-0.25, -0.2) is 4.39 Å². The first-order valence-corrected chi connectivity index (χ1v) is 8.62. The van der Waals surface area contributed by atoms with Crippen LogP contribution in [0.3, 0.4) is 0 Å². The largest absolute Gasteiger partial charge is 0.366 e. The van der Waals surface area contributed by atoms with E-state index in [1.54, 1.807) is 13.1 Å². The number of aryl methyl sites for hydroxylation is 3. The fraction of sp³-hybridized carbons (Fsp3) is 0.500. The molecule has 26 heavy (non-hydrogen) atoms. The fourth-order valence-corrected chi connectivity index (χ4v) is 3.33. The summed E-state index contributed by atoms with van der Waals surface area (Å²) in [6, 6.07) is -0.147. The van der Waals surface area contributed by atoms with E-state index < -0.39 is 12.1 Å². The van der Waals surface area contributed by atoms with Gasteiger partial charge in [-0.1, -0.05) is 5.16 Å². The molecule has 3 heterocycles. The molecule has 2 aromatic rings. The number of hydrogen-bond acceptors (Lipinski definition) is 5. The van der Waals surface area contributed by atoms with E-state index in [2.05, 4.69) is 15.5 Å². The number of carbonyl (C=O) groups is 1. The third-order valence-corrected chi connectivity index (χ3v) is 4.89. The summed E-state index contributed by atoms with van der Waals surface area (Å²) in [5, 5.41) is 6.69. The lowest BCUT2D eigenvalue weighted by Crippen LogP contribution is -2.41. The van der Waals surface area contributed by atoms with Gasteiger partial charge in [0.2, 0.25) is 0 Å². The number of likely N-dealkylation sites (tertiary alicyclic amines) is 1. The van der Waals surface area contributed by atoms with Crippen molar-refractivity contribution in [1.82, 2.24) is 20.4 Å². The Bertz CT molecular complexity index is 841. The number of H-pyrrole nitrogens is 1. The zero-order valence-corrected chi connectivity index (χ0v) is 15.1. The van der Waals surface area contributed by atoms with Gasteiger partial charge >= 0.3 is 0 Å². The van der Waals surface area contributed by atoms with Crippen molar-refractivity contribution in [1.29, 1.82) is 0 Å². The molecule has 0 radical (unpaired) electrons. The summed E-state index contributed by atoms with van der Waals surface area (Å²) >= 11 is 0. The van der Waals surface area contributed by atoms with Crippen molar-refractivity contribution in [3.05, 3.63) is 50.8 Å². The SMILES string of the molecule is Cc1noc(C)c1CN1C[C@@H](F)C[C@H]1CNC(=O)c1c[nH]cc(C)c1=O. The summed E-state index contributed by atoms with van der Waals surface area (Å²) in [7, 11) is 0. The van der Waals surface area contributed by atoms with Crippen molar-refractivity contribution in [3.8, 4) is 0 Å². The monoisotopic (exact) mass is 362 g/mol. The van der Waals surface area contributed by atoms with Crippen LogP contribution in [0.2, 0.25) is 0 Å². The first-order valence-electron chi connectivity index (χ1n) is 8.62. The second-order valence-corrected chi connectivity index (χ2v) is 6.81. The van der Waals surface area contributed by atoms with Crippen LogP contribution in [0, 0.1) is 20.8 Å². The van der Waals surface area contributed by atoms with Crippen LogP contribution in [-0.4, -0.2) is 46.3 Å². The molecular weight excluding hydrogens is 339 g/mol. The highest BCUT2D eigenvalue weighted by Gasteiger charge is 2.33. The van der Waals surface area contributed by atoms with E-state index in [4.69, 9.17) is 4.52 Å². The molecule has 7 nitrogen and oxygen atoms in total. The van der Waals surface area contributed by atoms with E-state index in [0.29, 0.717) is 25.1 Å². The number of pyridine rings is 1. The third kappa shape index (κ3) is 3.70. The molecule has 8 heteroatoms. The Morgan fingerprint density at radius 3 is 2.88 bits per heavy atom. The minimum absolute atomic E-state index is 0.0667. The number of nitrogens with one attached hydrogen (secondary N) is 2. The quantitative estimate of drug-likeness (QED) is 0.844. The first kappa shape index (κ1) is 18.3. The molecule has 2 N–H and O–H groups in total. The van der Waals surface area contributed by atoms with Gasteiger partial charge in [-0.15, -0.1) is 0 Å². The molecular formula is C18H23FN4O3. The Morgan fingerprint density at radius 2 is 2.19 bits per heavy atom. The minimum atomic E-state index is -0.945. The number of rotatable bonds is 5. The van der Waals surface area contributed by atoms with Crippen LogP contribution >= 0.6 is 0 Å². The van der Waals surface area contributed by atoms with Crippen molar-refractivity contribution in [2.45, 2.75) is 46.0 Å². The zero-order chi connectivity index (χ0) is 18.8. The van der Waals surface area contributed by atoms with Crippen LogP contribution in [-0.2, 0) is 6.54 Å². The highest BCUT2D eigenvalue weighted by molar-refractivity contribution is 5.93. The molecule has 0 spiro atoms. The Balaban J connectivity index is 1.67. The molecule has 1 amide bonds. The predicted molar refractivity (Wildman–Crippen MR) is 93.8 cm³/mol. The van der Waals surface area contributed by atoms with Gasteiger partial charge in [0.1, 0.15) is 17.5 Å². The average Bonchev–Trinajstić information content (AvgIpc) is 3.11. The second-order valence-electron chi connectivity index (χ2n) is 6.81. The summed E-state index contributed by atoms with van der Waals surface area (Å²) in [4.78, 5) is 29.1. The lowest BCUT2D eigenvalue weighted by Gasteiger charge is -2.24. The van der Waals surface area contributed by atoms with Crippen LogP contribution < -0.4 is 10.7 Å². The van der Waals surface area contributed by atoms with Crippen LogP contribution in [0.15, 0.2) is 21.7 Å². The van der Waals surface area contributed by atoms with Crippen molar-refractivity contribution < 1.29 is 13.7 Å². The normalized spacial score (nSPS) is 20.5. The molecule has 0 bridgehead atoms. The number of halogens is 1. The number of nitrogens with zero attached hydrogens (tertiary/aromatic N) is 2. The van der Waals surface area contributed by atoms with Gasteiger partial charge in [-0.3, -0.25) is 14.5 Å². The topological polar surface area (TPSA) is 91.2 Å². The Hall–Kier alpha value is -2.48. The fourth-order valence-electron chi connectivity index (χ4n) is 3.33. The summed E-state index contributed by atoms with van der Waals surface area (Å²) in [5.41, 5.74) is 1.98. The van der Waals surface area contributed by atoms with E-state index in [0.717, 1.165) is 17.0 Å². The molecule has 1 saturated heterocycles. The maximum atomic E-state index is 14.0. The number of carbonyl (C=O) groups excluding carboxylic acids is 1. The highest BCUT2D eigenvalue weighted by atomic mass is 19.1. The molecule has 0 aliphatic carbocycles. The highest BCUT2D eigenvalue weighted by Crippen LogP contribution is 2.24. The molecule has 1 aliphatic heterocycles. The third-order valence-electron chi connectivity index (χ3n) is 4.89. The molecule has 0 unspecified atom stereocenters. The summed E-state index contributed by atoms with van der Waals surface area (Å²) in [6.07, 6.45) is 2.33. The maximum Gasteiger partial charge on any atom is 0.256 e. The van der Waals surface area contributed by atoms with Gasteiger partial charge < -0.3 is 14.8 Å². The molecule has 2 atom stereocenters. The van der Waals surface area contributed by atoms with Gasteiger partial charge in [-0.05, 0) is 27.2 Å². The Morgan fingerprint density at radius 1 is 1.42 bits per heavy atom. The lowest BCUT2D eigenvalue weighted by molar-refractivity contribution is 0.0938. The van der Waals surface area contributed by atoms with E-state index >= 15 is 0 Å². The molecule has 0 saturated carbocycles. The predicted octanol–water partition coefficient (Wildman–Crippen LogP) is 1.63. The number of hydrogen-bond donors (Lipinski definition) is 2. The summed E-state index contributed by atoms with van der Waals surface area (Å²) in [6.45, 7) is 6.43. The van der Waals surface area contributed by atoms with Crippen molar-refractivity contribution in [2.24, 2.45) is 0 Å². The van der Waals surface area contributed by atoms with Crippen LogP contribution in [0.5, 0.6) is 0 Å². The standard InChI is InChI=1S/C18H23FN4O3/c1-10-5-20-7-15(17(10)24)18(25)21-6-14-4-13(19)8-23(14)9-16-11(2)22-26-12(16)3/h5,7,13-14H,4,6,8-9H2,1-3H3,(H,20,24)(H,21,25)/t13-,14-/m0/s1. The van der Waals surface area contributed by atoms with Gasteiger partial charge in [0, 0.05) is 49.2 Å². The second kappa shape index (κ2) is 7.41. The molecule has 140 valence electrons. The lowest BCUT2D eigenvalue weighted by atomic mass is 10.1. The van der Waals surface area contributed by atoms with E-state index in [9.17, 15) is 14.0 Å². The Labute approximate surface area is 150 Å². The first-order chi connectivity index (χ1) is 12.4. The van der Waals surface area contributed by atoms with Gasteiger partial charge in [-0.2, -0.15) is 0 Å². The number of alkyl halides is 1. The van der Waals surface area contributed by atoms with Gasteiger partial charge in [0.05, 0.1) is 5.69 Å². The van der Waals surface area contributed by atoms with Crippen LogP contribution in [0.25, 0.3) is 0 Å². The smallest absolute Gasteiger partial charge is 0.256 e. The molecule has 2 aromatic heterocycles. The number of aromatic amines is 1. The van der Waals surface area contributed by atoms with Gasteiger partial charge in [0.25, 0.3) is 5.91 Å². The van der Waals surface area contributed by atoms with Crippen LogP contribution in [0.1, 0.15) is 39.4 Å². The summed E-state index contributed by atoms with van der Waals surface area (Å²) in [5.74, 6) is 0.272. The maximum absolute atomic E-state index is 14.0. The van der Waals surface area contributed by atoms with Gasteiger partial charge in [0.15, 0.2) is 5.43 Å². The van der Waals surface area contributed by atoms with Crippen LogP contribution in [0.4, 0.5) is 4.39 Å². The number of aromatic nitrogens is 2.